The van der Waals surface area contributed by atoms with E-state index >= 15 is 0 Å². The van der Waals surface area contributed by atoms with Gasteiger partial charge in [-0.3, -0.25) is 4.68 Å². The number of carboxylic acid groups (broad SMARTS) is 1. The van der Waals surface area contributed by atoms with Crippen molar-refractivity contribution in [3.63, 3.8) is 0 Å². The molecule has 0 unspecified atom stereocenters. The van der Waals surface area contributed by atoms with Crippen molar-refractivity contribution in [2.75, 3.05) is 0 Å². The number of rotatable bonds is 1. The molecule has 1 N–H and O–H groups in total. The second-order valence-electron chi connectivity index (χ2n) is 2.18. The molecule has 0 aromatic carbocycles. The molecule has 0 radical (unpaired) electrons. The van der Waals surface area contributed by atoms with E-state index in [2.05, 4.69) is 5.10 Å². The molecule has 4 nitrogen and oxygen atoms in total. The molecule has 1 rings (SSSR count). The molecule has 0 fully saturated rings. The van der Waals surface area contributed by atoms with Crippen LogP contribution in [-0.2, 0) is 7.05 Å². The first-order valence-electron chi connectivity index (χ1n) is 2.96. The molecule has 1 aromatic rings. The third-order valence-corrected chi connectivity index (χ3v) is 2.64. The average molecular weight is 266 g/mol. The summed E-state index contributed by atoms with van der Waals surface area (Å²) in [4.78, 5) is 10.6. The molecule has 0 amide bonds. The zero-order chi connectivity index (χ0) is 8.59. The lowest BCUT2D eigenvalue weighted by atomic mass is 10.4. The molecule has 0 aliphatic carbocycles. The van der Waals surface area contributed by atoms with Crippen LogP contribution in [0.3, 0.4) is 0 Å². The van der Waals surface area contributed by atoms with Gasteiger partial charge in [-0.25, -0.2) is 4.79 Å². The fourth-order valence-electron chi connectivity index (χ4n) is 0.865. The molecule has 60 valence electrons. The summed E-state index contributed by atoms with van der Waals surface area (Å²) in [6.07, 6.45) is 0. The van der Waals surface area contributed by atoms with E-state index in [4.69, 9.17) is 5.11 Å². The third kappa shape index (κ3) is 1.37. The highest BCUT2D eigenvalue weighted by molar-refractivity contribution is 14.1. The van der Waals surface area contributed by atoms with Crippen molar-refractivity contribution in [2.24, 2.45) is 7.05 Å². The number of carbonyl (C=O) groups is 1. The Bertz CT molecular complexity index is 306. The van der Waals surface area contributed by atoms with Gasteiger partial charge in [-0.2, -0.15) is 5.10 Å². The summed E-state index contributed by atoms with van der Waals surface area (Å²) < 4.78 is 2.08. The topological polar surface area (TPSA) is 55.1 Å². The summed E-state index contributed by atoms with van der Waals surface area (Å²) in [6.45, 7) is 1.79. The quantitative estimate of drug-likeness (QED) is 0.772. The minimum atomic E-state index is -0.933. The first-order valence-corrected chi connectivity index (χ1v) is 4.04. The SMILES string of the molecule is Cc1nn(C)c(C(=O)O)c1I. The van der Waals surface area contributed by atoms with E-state index in [9.17, 15) is 4.79 Å². The summed E-state index contributed by atoms with van der Waals surface area (Å²) in [6, 6.07) is 0. The fraction of sp³-hybridized carbons (Fsp3) is 0.333. The zero-order valence-electron chi connectivity index (χ0n) is 6.13. The summed E-state index contributed by atoms with van der Waals surface area (Å²) in [5.74, 6) is -0.933. The predicted octanol–water partition coefficient (Wildman–Crippen LogP) is 1.03. The van der Waals surface area contributed by atoms with Gasteiger partial charge in [-0.1, -0.05) is 0 Å². The van der Waals surface area contributed by atoms with Gasteiger partial charge in [0.1, 0.15) is 0 Å². The number of aromatic carboxylic acids is 1. The van der Waals surface area contributed by atoms with Gasteiger partial charge in [-0.15, -0.1) is 0 Å². The normalized spacial score (nSPS) is 10.1. The summed E-state index contributed by atoms with van der Waals surface area (Å²) >= 11 is 1.98. The third-order valence-electron chi connectivity index (χ3n) is 1.35. The van der Waals surface area contributed by atoms with Gasteiger partial charge in [0.2, 0.25) is 0 Å². The monoisotopic (exact) mass is 266 g/mol. The largest absolute Gasteiger partial charge is 0.476 e. The molecule has 1 heterocycles. The van der Waals surface area contributed by atoms with Gasteiger partial charge >= 0.3 is 5.97 Å². The first-order chi connectivity index (χ1) is 5.04. The van der Waals surface area contributed by atoms with E-state index in [0.29, 0.717) is 3.57 Å². The van der Waals surface area contributed by atoms with E-state index in [0.717, 1.165) is 5.69 Å². The lowest BCUT2D eigenvalue weighted by Crippen LogP contribution is -2.06. The molecule has 0 atom stereocenters. The van der Waals surface area contributed by atoms with Crippen molar-refractivity contribution in [3.8, 4) is 0 Å². The molecule has 0 spiro atoms. The Kier molecular flexibility index (Phi) is 2.17. The van der Waals surface area contributed by atoms with Crippen LogP contribution in [0.25, 0.3) is 0 Å². The van der Waals surface area contributed by atoms with Gasteiger partial charge in [0.25, 0.3) is 0 Å². The van der Waals surface area contributed by atoms with Gasteiger partial charge in [0, 0.05) is 7.05 Å². The maximum absolute atomic E-state index is 10.6. The van der Waals surface area contributed by atoms with E-state index in [1.807, 2.05) is 22.6 Å². The fourth-order valence-corrected chi connectivity index (χ4v) is 1.55. The summed E-state index contributed by atoms with van der Waals surface area (Å²) in [5.41, 5.74) is 1.01. The Morgan fingerprint density at radius 1 is 1.73 bits per heavy atom. The van der Waals surface area contributed by atoms with Crippen LogP contribution in [0.15, 0.2) is 0 Å². The lowest BCUT2D eigenvalue weighted by molar-refractivity contribution is 0.0684. The van der Waals surface area contributed by atoms with Crippen molar-refractivity contribution in [3.05, 3.63) is 15.0 Å². The highest BCUT2D eigenvalue weighted by Crippen LogP contribution is 2.14. The molecule has 0 aliphatic rings. The van der Waals surface area contributed by atoms with E-state index < -0.39 is 5.97 Å². The number of hydrogen-bond acceptors (Lipinski definition) is 2. The van der Waals surface area contributed by atoms with E-state index in [-0.39, 0.29) is 5.69 Å². The Hall–Kier alpha value is -0.590. The van der Waals surface area contributed by atoms with Crippen LogP contribution >= 0.6 is 22.6 Å². The van der Waals surface area contributed by atoms with E-state index in [1.165, 1.54) is 4.68 Å². The molecule has 5 heteroatoms. The second-order valence-corrected chi connectivity index (χ2v) is 3.26. The van der Waals surface area contributed by atoms with Gasteiger partial charge < -0.3 is 5.11 Å². The highest BCUT2D eigenvalue weighted by atomic mass is 127. The molecular formula is C6H7IN2O2. The summed E-state index contributed by atoms with van der Waals surface area (Å²) in [5, 5.41) is 12.7. The van der Waals surface area contributed by atoms with Crippen molar-refractivity contribution < 1.29 is 9.90 Å². The number of carboxylic acids is 1. The van der Waals surface area contributed by atoms with Gasteiger partial charge in [-0.05, 0) is 29.5 Å². The Labute approximate surface area is 77.4 Å². The smallest absolute Gasteiger partial charge is 0.355 e. The van der Waals surface area contributed by atoms with Crippen molar-refractivity contribution in [1.82, 2.24) is 9.78 Å². The number of aryl methyl sites for hydroxylation is 2. The van der Waals surface area contributed by atoms with Crippen LogP contribution in [0.2, 0.25) is 0 Å². The highest BCUT2D eigenvalue weighted by Gasteiger charge is 2.16. The molecule has 1 aromatic heterocycles. The number of nitrogens with zero attached hydrogens (tertiary/aromatic N) is 2. The zero-order valence-corrected chi connectivity index (χ0v) is 8.29. The van der Waals surface area contributed by atoms with Gasteiger partial charge in [0.05, 0.1) is 9.26 Å². The van der Waals surface area contributed by atoms with Crippen molar-refractivity contribution in [1.29, 1.82) is 0 Å². The van der Waals surface area contributed by atoms with Crippen LogP contribution in [-0.4, -0.2) is 20.9 Å². The molecule has 11 heavy (non-hydrogen) atoms. The van der Waals surface area contributed by atoms with Crippen molar-refractivity contribution >= 4 is 28.6 Å². The number of aromatic nitrogens is 2. The lowest BCUT2D eigenvalue weighted by Gasteiger charge is -1.93. The Morgan fingerprint density at radius 3 is 2.45 bits per heavy atom. The summed E-state index contributed by atoms with van der Waals surface area (Å²) in [7, 11) is 1.62. The Balaban J connectivity index is 3.34. The van der Waals surface area contributed by atoms with Crippen LogP contribution in [0.5, 0.6) is 0 Å². The molecule has 0 aliphatic heterocycles. The maximum atomic E-state index is 10.6. The molecule has 0 saturated heterocycles. The number of halogens is 1. The maximum Gasteiger partial charge on any atom is 0.355 e. The van der Waals surface area contributed by atoms with Crippen LogP contribution in [0.1, 0.15) is 16.2 Å². The molecule has 0 saturated carbocycles. The van der Waals surface area contributed by atoms with E-state index in [1.54, 1.807) is 14.0 Å². The van der Waals surface area contributed by atoms with Crippen LogP contribution < -0.4 is 0 Å². The minimum Gasteiger partial charge on any atom is -0.476 e. The predicted molar refractivity (Wildman–Crippen MR) is 47.6 cm³/mol. The van der Waals surface area contributed by atoms with Crippen LogP contribution in [0, 0.1) is 10.5 Å². The average Bonchev–Trinajstić information content (AvgIpc) is 2.07. The minimum absolute atomic E-state index is 0.253. The first kappa shape index (κ1) is 8.51. The Morgan fingerprint density at radius 2 is 2.27 bits per heavy atom. The standard InChI is InChI=1S/C6H7IN2O2/c1-3-4(7)5(6(10)11)9(2)8-3/h1-2H3,(H,10,11). The van der Waals surface area contributed by atoms with Crippen LogP contribution in [0.4, 0.5) is 0 Å². The second kappa shape index (κ2) is 2.80. The van der Waals surface area contributed by atoms with Crippen molar-refractivity contribution in [2.45, 2.75) is 6.92 Å². The van der Waals surface area contributed by atoms with Gasteiger partial charge in [0.15, 0.2) is 5.69 Å². The molecule has 0 bridgehead atoms. The molecular weight excluding hydrogens is 259 g/mol. The number of hydrogen-bond donors (Lipinski definition) is 1.